The van der Waals surface area contributed by atoms with Gasteiger partial charge in [-0.1, -0.05) is 24.3 Å². The average molecular weight is 446 g/mol. The minimum Gasteiger partial charge on any atom is -0.342 e. The van der Waals surface area contributed by atoms with E-state index < -0.39 is 15.8 Å². The first-order valence-corrected chi connectivity index (χ1v) is 11.6. The van der Waals surface area contributed by atoms with E-state index in [0.29, 0.717) is 13.0 Å². The number of halogens is 1. The van der Waals surface area contributed by atoms with Crippen LogP contribution < -0.4 is 5.32 Å². The number of hydrogen-bond acceptors (Lipinski definition) is 4. The number of nitrogens with zero attached hydrogens (tertiary/aromatic N) is 3. The predicted octanol–water partition coefficient (Wildman–Crippen LogP) is 2.35. The van der Waals surface area contributed by atoms with E-state index in [9.17, 15) is 17.6 Å². The number of hydrogen-bond donors (Lipinski definition) is 2. The normalized spacial score (nSPS) is 15.3. The maximum atomic E-state index is 13.9. The van der Waals surface area contributed by atoms with Crippen LogP contribution >= 0.6 is 0 Å². The van der Waals surface area contributed by atoms with Crippen molar-refractivity contribution in [3.8, 4) is 0 Å². The number of aryl methyl sites for hydroxylation is 1. The van der Waals surface area contributed by atoms with Crippen molar-refractivity contribution < 1.29 is 17.6 Å². The molecule has 0 unspecified atom stereocenters. The maximum absolute atomic E-state index is 13.9. The second-order valence-electron chi connectivity index (χ2n) is 7.36. The highest BCUT2D eigenvalue weighted by Crippen LogP contribution is 2.20. The number of H-pyrrole nitrogens is 1. The third-order valence-electron chi connectivity index (χ3n) is 5.29. The number of carbonyl (C=O) groups is 1. The Morgan fingerprint density at radius 3 is 2.52 bits per heavy atom. The second-order valence-corrected chi connectivity index (χ2v) is 9.26. The first kappa shape index (κ1) is 21.3. The summed E-state index contributed by atoms with van der Waals surface area (Å²) in [6, 6.07) is 12.9. The molecule has 0 aliphatic carbocycles. The van der Waals surface area contributed by atoms with Crippen LogP contribution in [0.1, 0.15) is 12.2 Å². The van der Waals surface area contributed by atoms with Gasteiger partial charge in [-0.2, -0.15) is 4.31 Å². The Hall–Kier alpha value is -2.98. The van der Waals surface area contributed by atoms with Gasteiger partial charge in [0.1, 0.15) is 16.5 Å². The van der Waals surface area contributed by atoms with E-state index in [1.54, 1.807) is 4.90 Å². The molecule has 2 amide bonds. The number of para-hydroxylation sites is 2. The molecule has 31 heavy (non-hydrogen) atoms. The molecule has 1 aliphatic heterocycles. The number of rotatable bonds is 6. The molecule has 2 heterocycles. The van der Waals surface area contributed by atoms with Crippen molar-refractivity contribution in [2.75, 3.05) is 32.7 Å². The lowest BCUT2D eigenvalue weighted by Crippen LogP contribution is -2.53. The van der Waals surface area contributed by atoms with Crippen molar-refractivity contribution >= 4 is 27.1 Å². The molecule has 1 saturated heterocycles. The molecule has 2 N–H and O–H groups in total. The van der Waals surface area contributed by atoms with E-state index in [-0.39, 0.29) is 37.1 Å². The van der Waals surface area contributed by atoms with Crippen LogP contribution in [0.3, 0.4) is 0 Å². The van der Waals surface area contributed by atoms with E-state index in [1.165, 1.54) is 22.5 Å². The first-order chi connectivity index (χ1) is 14.9. The number of urea groups is 1. The minimum atomic E-state index is -3.92. The maximum Gasteiger partial charge on any atom is 0.317 e. The van der Waals surface area contributed by atoms with Crippen LogP contribution in [-0.2, 0) is 16.4 Å². The van der Waals surface area contributed by atoms with Gasteiger partial charge in [0.05, 0.1) is 11.0 Å². The molecular formula is C21H24FN5O3S. The van der Waals surface area contributed by atoms with Crippen LogP contribution in [0.4, 0.5) is 9.18 Å². The number of aromatic amines is 1. The second kappa shape index (κ2) is 9.03. The highest BCUT2D eigenvalue weighted by molar-refractivity contribution is 7.89. The van der Waals surface area contributed by atoms with Crippen LogP contribution in [0.25, 0.3) is 11.0 Å². The van der Waals surface area contributed by atoms with Crippen LogP contribution in [0.5, 0.6) is 0 Å². The number of benzene rings is 2. The van der Waals surface area contributed by atoms with Gasteiger partial charge in [-0.15, -0.1) is 0 Å². The molecule has 0 radical (unpaired) electrons. The minimum absolute atomic E-state index is 0.128. The molecule has 2 aromatic carbocycles. The van der Waals surface area contributed by atoms with Gasteiger partial charge in [0.2, 0.25) is 10.0 Å². The van der Waals surface area contributed by atoms with Crippen molar-refractivity contribution in [1.82, 2.24) is 24.5 Å². The zero-order valence-corrected chi connectivity index (χ0v) is 17.7. The fraction of sp³-hybridized carbons (Fsp3) is 0.333. The molecule has 10 heteroatoms. The van der Waals surface area contributed by atoms with E-state index in [2.05, 4.69) is 15.3 Å². The molecular weight excluding hydrogens is 421 g/mol. The zero-order chi connectivity index (χ0) is 21.8. The number of amides is 2. The van der Waals surface area contributed by atoms with Gasteiger partial charge in [0.15, 0.2) is 0 Å². The summed E-state index contributed by atoms with van der Waals surface area (Å²) in [7, 11) is -3.92. The molecule has 1 fully saturated rings. The summed E-state index contributed by atoms with van der Waals surface area (Å²) in [6.07, 6.45) is 1.44. The number of carbonyl (C=O) groups excluding carboxylic acids is 1. The summed E-state index contributed by atoms with van der Waals surface area (Å²) < 4.78 is 40.4. The molecule has 1 aromatic heterocycles. The van der Waals surface area contributed by atoms with Crippen LogP contribution in [-0.4, -0.2) is 66.3 Å². The van der Waals surface area contributed by atoms with E-state index in [1.807, 2.05) is 24.3 Å². The average Bonchev–Trinajstić information content (AvgIpc) is 3.20. The summed E-state index contributed by atoms with van der Waals surface area (Å²) in [4.78, 5) is 21.4. The topological polar surface area (TPSA) is 98.4 Å². The van der Waals surface area contributed by atoms with Gasteiger partial charge < -0.3 is 15.2 Å². The van der Waals surface area contributed by atoms with Crippen LogP contribution in [0.15, 0.2) is 53.4 Å². The van der Waals surface area contributed by atoms with Gasteiger partial charge in [-0.3, -0.25) is 0 Å². The van der Waals surface area contributed by atoms with Crippen molar-refractivity contribution in [3.05, 3.63) is 60.2 Å². The third-order valence-corrected chi connectivity index (χ3v) is 7.22. The molecule has 164 valence electrons. The summed E-state index contributed by atoms with van der Waals surface area (Å²) in [5, 5.41) is 2.87. The van der Waals surface area contributed by atoms with E-state index >= 15 is 0 Å². The quantitative estimate of drug-likeness (QED) is 0.569. The molecule has 0 saturated carbocycles. The largest absolute Gasteiger partial charge is 0.342 e. The Morgan fingerprint density at radius 1 is 1.06 bits per heavy atom. The van der Waals surface area contributed by atoms with Gasteiger partial charge in [0, 0.05) is 39.1 Å². The Labute approximate surface area is 180 Å². The van der Waals surface area contributed by atoms with Crippen molar-refractivity contribution in [1.29, 1.82) is 0 Å². The van der Waals surface area contributed by atoms with Gasteiger partial charge in [-0.25, -0.2) is 22.6 Å². The van der Waals surface area contributed by atoms with Gasteiger partial charge >= 0.3 is 6.03 Å². The lowest BCUT2D eigenvalue weighted by atomic mass is 10.3. The monoisotopic (exact) mass is 445 g/mol. The third kappa shape index (κ3) is 4.70. The Kier molecular flexibility index (Phi) is 6.19. The first-order valence-electron chi connectivity index (χ1n) is 10.2. The fourth-order valence-electron chi connectivity index (χ4n) is 3.61. The SMILES string of the molecule is O=C(NCCCc1nc2ccccc2[nH]1)N1CCN(S(=O)(=O)c2ccccc2F)CC1. The van der Waals surface area contributed by atoms with E-state index in [4.69, 9.17) is 0 Å². The number of aromatic nitrogens is 2. The number of sulfonamides is 1. The number of imidazole rings is 1. The summed E-state index contributed by atoms with van der Waals surface area (Å²) in [5.41, 5.74) is 1.91. The predicted molar refractivity (Wildman–Crippen MR) is 115 cm³/mol. The van der Waals surface area contributed by atoms with Crippen molar-refractivity contribution in [3.63, 3.8) is 0 Å². The van der Waals surface area contributed by atoms with Gasteiger partial charge in [0.25, 0.3) is 0 Å². The summed E-state index contributed by atoms with van der Waals surface area (Å²) in [6.45, 7) is 1.25. The smallest absolute Gasteiger partial charge is 0.317 e. The number of fused-ring (bicyclic) bond motifs is 1. The molecule has 0 spiro atoms. The fourth-order valence-corrected chi connectivity index (χ4v) is 5.10. The van der Waals surface area contributed by atoms with Crippen LogP contribution in [0, 0.1) is 5.82 Å². The number of piperazine rings is 1. The van der Waals surface area contributed by atoms with Gasteiger partial charge in [-0.05, 0) is 30.7 Å². The Morgan fingerprint density at radius 2 is 1.77 bits per heavy atom. The standard InChI is InChI=1S/C21H24FN5O3S/c22-16-6-1-4-9-19(16)31(29,30)27-14-12-26(13-15-27)21(28)23-11-5-10-20-24-17-7-2-3-8-18(17)25-20/h1-4,6-9H,5,10-15H2,(H,23,28)(H,24,25). The van der Waals surface area contributed by atoms with Crippen LogP contribution in [0.2, 0.25) is 0 Å². The lowest BCUT2D eigenvalue weighted by molar-refractivity contribution is 0.172. The molecule has 0 atom stereocenters. The van der Waals surface area contributed by atoms with Crippen molar-refractivity contribution in [2.24, 2.45) is 0 Å². The Bertz CT molecular complexity index is 1140. The molecule has 1 aliphatic rings. The van der Waals surface area contributed by atoms with E-state index in [0.717, 1.165) is 29.3 Å². The molecule has 8 nitrogen and oxygen atoms in total. The highest BCUT2D eigenvalue weighted by atomic mass is 32.2. The Balaban J connectivity index is 1.23. The number of nitrogens with one attached hydrogen (secondary N) is 2. The van der Waals surface area contributed by atoms with Crippen molar-refractivity contribution in [2.45, 2.75) is 17.7 Å². The lowest BCUT2D eigenvalue weighted by Gasteiger charge is -2.34. The summed E-state index contributed by atoms with van der Waals surface area (Å²) in [5.74, 6) is 0.106. The molecule has 4 rings (SSSR count). The summed E-state index contributed by atoms with van der Waals surface area (Å²) >= 11 is 0. The highest BCUT2D eigenvalue weighted by Gasteiger charge is 2.31. The molecule has 3 aromatic rings. The zero-order valence-electron chi connectivity index (χ0n) is 16.9. The molecule has 0 bridgehead atoms.